The Labute approximate surface area is 186 Å². The van der Waals surface area contributed by atoms with Crippen molar-refractivity contribution in [1.29, 1.82) is 0 Å². The number of benzene rings is 2. The number of ether oxygens (including phenoxy) is 1. The van der Waals surface area contributed by atoms with E-state index in [9.17, 15) is 18.0 Å². The molecule has 0 atom stereocenters. The van der Waals surface area contributed by atoms with Gasteiger partial charge in [-0.1, -0.05) is 23.7 Å². The Morgan fingerprint density at radius 1 is 1.10 bits per heavy atom. The summed E-state index contributed by atoms with van der Waals surface area (Å²) in [6, 6.07) is 13.3. The van der Waals surface area contributed by atoms with Gasteiger partial charge in [0.2, 0.25) is 5.91 Å². The molecule has 10 heteroatoms. The third kappa shape index (κ3) is 6.04. The zero-order valence-corrected chi connectivity index (χ0v) is 18.7. The largest absolute Gasteiger partial charge is 0.462 e. The van der Waals surface area contributed by atoms with E-state index in [4.69, 9.17) is 16.3 Å². The Kier molecular flexibility index (Phi) is 7.66. The van der Waals surface area contributed by atoms with E-state index in [-0.39, 0.29) is 26.2 Å². The van der Waals surface area contributed by atoms with E-state index in [0.29, 0.717) is 29.2 Å². The molecule has 2 aromatic rings. The standard InChI is InChI=1S/C21H24ClN3O5S/c1-2-30-21(27)17-7-9-19(10-8-17)23-20(26)15-25-12-4-11-24(31(25,28)29)14-16-5-3-6-18(22)13-16/h3,5-10,13H,2,4,11-12,14-15H2,1H3,(H,23,26). The topological polar surface area (TPSA) is 96.0 Å². The summed E-state index contributed by atoms with van der Waals surface area (Å²) in [5.74, 6) is -0.906. The maximum absolute atomic E-state index is 13.0. The van der Waals surface area contributed by atoms with E-state index in [1.54, 1.807) is 37.3 Å². The van der Waals surface area contributed by atoms with Crippen molar-refractivity contribution in [2.75, 3.05) is 31.6 Å². The minimum absolute atomic E-state index is 0.191. The van der Waals surface area contributed by atoms with Crippen molar-refractivity contribution in [1.82, 2.24) is 8.61 Å². The van der Waals surface area contributed by atoms with Crippen LogP contribution in [-0.2, 0) is 26.3 Å². The van der Waals surface area contributed by atoms with Crippen molar-refractivity contribution in [3.63, 3.8) is 0 Å². The molecule has 166 valence electrons. The summed E-state index contributed by atoms with van der Waals surface area (Å²) in [5, 5.41) is 3.20. The highest BCUT2D eigenvalue weighted by molar-refractivity contribution is 7.86. The van der Waals surface area contributed by atoms with Crippen molar-refractivity contribution in [3.05, 3.63) is 64.7 Å². The lowest BCUT2D eigenvalue weighted by Gasteiger charge is -2.34. The quantitative estimate of drug-likeness (QED) is 0.634. The lowest BCUT2D eigenvalue weighted by molar-refractivity contribution is -0.116. The van der Waals surface area contributed by atoms with E-state index in [2.05, 4.69) is 5.32 Å². The van der Waals surface area contributed by atoms with Gasteiger partial charge >= 0.3 is 5.97 Å². The molecule has 1 saturated heterocycles. The van der Waals surface area contributed by atoms with E-state index in [0.717, 1.165) is 5.56 Å². The Morgan fingerprint density at radius 2 is 1.81 bits per heavy atom. The summed E-state index contributed by atoms with van der Waals surface area (Å²) in [6.07, 6.45) is 0.612. The van der Waals surface area contributed by atoms with Crippen LogP contribution in [0.5, 0.6) is 0 Å². The van der Waals surface area contributed by atoms with Crippen LogP contribution in [0.25, 0.3) is 0 Å². The molecule has 1 aliphatic rings. The van der Waals surface area contributed by atoms with Crippen LogP contribution in [0.15, 0.2) is 48.5 Å². The first-order valence-electron chi connectivity index (χ1n) is 9.86. The molecule has 1 amide bonds. The molecule has 3 rings (SSSR count). The third-order valence-electron chi connectivity index (χ3n) is 4.72. The lowest BCUT2D eigenvalue weighted by atomic mass is 10.2. The molecule has 0 radical (unpaired) electrons. The van der Waals surface area contributed by atoms with Crippen molar-refractivity contribution in [2.45, 2.75) is 19.9 Å². The number of rotatable bonds is 7. The molecule has 0 saturated carbocycles. The predicted octanol–water partition coefficient (Wildman–Crippen LogP) is 2.91. The monoisotopic (exact) mass is 465 g/mol. The van der Waals surface area contributed by atoms with Gasteiger partial charge in [0.1, 0.15) is 0 Å². The summed E-state index contributed by atoms with van der Waals surface area (Å²) in [6.45, 7) is 2.53. The highest BCUT2D eigenvalue weighted by Crippen LogP contribution is 2.21. The van der Waals surface area contributed by atoms with Gasteiger partial charge < -0.3 is 10.1 Å². The van der Waals surface area contributed by atoms with Crippen LogP contribution in [0.1, 0.15) is 29.3 Å². The van der Waals surface area contributed by atoms with Crippen molar-refractivity contribution >= 4 is 39.4 Å². The third-order valence-corrected chi connectivity index (χ3v) is 6.88. The summed E-state index contributed by atoms with van der Waals surface area (Å²) in [7, 11) is -3.79. The van der Waals surface area contributed by atoms with Crippen molar-refractivity contribution < 1.29 is 22.7 Å². The number of nitrogens with zero attached hydrogens (tertiary/aromatic N) is 2. The van der Waals surface area contributed by atoms with E-state index in [1.807, 2.05) is 6.07 Å². The van der Waals surface area contributed by atoms with E-state index >= 15 is 0 Å². The van der Waals surface area contributed by atoms with Gasteiger partial charge in [-0.3, -0.25) is 4.79 Å². The van der Waals surface area contributed by atoms with Gasteiger partial charge in [0.05, 0.1) is 18.7 Å². The van der Waals surface area contributed by atoms with Crippen LogP contribution in [0.2, 0.25) is 5.02 Å². The number of hydrogen-bond donors (Lipinski definition) is 1. The average Bonchev–Trinajstić information content (AvgIpc) is 2.72. The van der Waals surface area contributed by atoms with Crippen LogP contribution in [0.3, 0.4) is 0 Å². The zero-order valence-electron chi connectivity index (χ0n) is 17.1. The lowest BCUT2D eigenvalue weighted by Crippen LogP contribution is -2.51. The van der Waals surface area contributed by atoms with Crippen LogP contribution in [0, 0.1) is 0 Å². The highest BCUT2D eigenvalue weighted by Gasteiger charge is 2.34. The van der Waals surface area contributed by atoms with Crippen LogP contribution in [-0.4, -0.2) is 55.1 Å². The number of carbonyl (C=O) groups is 2. The Morgan fingerprint density at radius 3 is 2.48 bits per heavy atom. The first-order chi connectivity index (χ1) is 14.8. The summed E-state index contributed by atoms with van der Waals surface area (Å²) < 4.78 is 33.4. The maximum Gasteiger partial charge on any atom is 0.338 e. The van der Waals surface area contributed by atoms with Crippen LogP contribution >= 0.6 is 11.6 Å². The highest BCUT2D eigenvalue weighted by atomic mass is 35.5. The Balaban J connectivity index is 1.62. The van der Waals surface area contributed by atoms with Gasteiger partial charge in [-0.05, 0) is 55.3 Å². The second-order valence-corrected chi connectivity index (χ2v) is 9.37. The number of anilines is 1. The summed E-state index contributed by atoms with van der Waals surface area (Å²) in [5.41, 5.74) is 1.61. The van der Waals surface area contributed by atoms with Gasteiger partial charge in [-0.2, -0.15) is 17.0 Å². The molecule has 1 aliphatic heterocycles. The first kappa shape index (κ1) is 23.2. The van der Waals surface area contributed by atoms with Gasteiger partial charge in [0.15, 0.2) is 0 Å². The number of nitrogens with one attached hydrogen (secondary N) is 1. The van der Waals surface area contributed by atoms with Gasteiger partial charge in [0, 0.05) is 30.3 Å². The molecular weight excluding hydrogens is 442 g/mol. The number of halogens is 1. The Bertz CT molecular complexity index is 1040. The molecule has 31 heavy (non-hydrogen) atoms. The fraction of sp³-hybridized carbons (Fsp3) is 0.333. The molecule has 1 fully saturated rings. The molecule has 0 unspecified atom stereocenters. The second-order valence-electron chi connectivity index (χ2n) is 7.00. The molecule has 2 aromatic carbocycles. The number of hydrogen-bond acceptors (Lipinski definition) is 5. The molecule has 8 nitrogen and oxygen atoms in total. The van der Waals surface area contributed by atoms with Crippen LogP contribution in [0.4, 0.5) is 5.69 Å². The molecule has 0 aromatic heterocycles. The number of esters is 1. The minimum Gasteiger partial charge on any atom is -0.462 e. The average molecular weight is 466 g/mol. The maximum atomic E-state index is 13.0. The zero-order chi connectivity index (χ0) is 22.4. The SMILES string of the molecule is CCOC(=O)c1ccc(NC(=O)CN2CCCN(Cc3cccc(Cl)c3)S2(=O)=O)cc1. The normalized spacial score (nSPS) is 16.6. The molecular formula is C21H24ClN3O5S. The van der Waals surface area contributed by atoms with Crippen molar-refractivity contribution in [3.8, 4) is 0 Å². The molecule has 0 aliphatic carbocycles. The van der Waals surface area contributed by atoms with Gasteiger partial charge in [-0.15, -0.1) is 0 Å². The van der Waals surface area contributed by atoms with Crippen LogP contribution < -0.4 is 5.32 Å². The first-order valence-corrected chi connectivity index (χ1v) is 11.6. The number of carbonyl (C=O) groups excluding carboxylic acids is 2. The smallest absolute Gasteiger partial charge is 0.338 e. The van der Waals surface area contributed by atoms with E-state index < -0.39 is 22.1 Å². The molecule has 1 N–H and O–H groups in total. The molecule has 1 heterocycles. The predicted molar refractivity (Wildman–Crippen MR) is 118 cm³/mol. The Hall–Kier alpha value is -2.46. The van der Waals surface area contributed by atoms with Gasteiger partial charge in [0.25, 0.3) is 10.2 Å². The van der Waals surface area contributed by atoms with E-state index in [1.165, 1.54) is 20.7 Å². The van der Waals surface area contributed by atoms with Crippen molar-refractivity contribution in [2.24, 2.45) is 0 Å². The fourth-order valence-corrected chi connectivity index (χ4v) is 5.09. The number of amides is 1. The molecule has 0 spiro atoms. The summed E-state index contributed by atoms with van der Waals surface area (Å²) >= 11 is 5.99. The second kappa shape index (κ2) is 10.2. The molecule has 0 bridgehead atoms. The minimum atomic E-state index is -3.79. The fourth-order valence-electron chi connectivity index (χ4n) is 3.24. The van der Waals surface area contributed by atoms with Gasteiger partial charge in [-0.25, -0.2) is 4.79 Å². The summed E-state index contributed by atoms with van der Waals surface area (Å²) in [4.78, 5) is 24.2.